The first kappa shape index (κ1) is 17.6. The van der Waals surface area contributed by atoms with Crippen LogP contribution in [0.2, 0.25) is 0 Å². The van der Waals surface area contributed by atoms with Crippen LogP contribution in [-0.4, -0.2) is 37.7 Å². The number of carbonyl (C=O) groups excluding carboxylic acids is 2. The number of nitrogens with one attached hydrogen (secondary N) is 1. The molecule has 1 saturated heterocycles. The fourth-order valence-corrected chi connectivity index (χ4v) is 2.91. The number of aromatic hydroxyl groups is 1. The van der Waals surface area contributed by atoms with Gasteiger partial charge in [-0.15, -0.1) is 0 Å². The first-order chi connectivity index (χ1) is 12.5. The minimum absolute atomic E-state index is 0.0274. The number of anilines is 2. The van der Waals surface area contributed by atoms with Gasteiger partial charge >= 0.3 is 0 Å². The van der Waals surface area contributed by atoms with Crippen molar-refractivity contribution in [3.05, 3.63) is 42.0 Å². The Morgan fingerprint density at radius 2 is 1.96 bits per heavy atom. The number of hydrogen-bond acceptors (Lipinski definition) is 5. The van der Waals surface area contributed by atoms with Gasteiger partial charge in [-0.25, -0.2) is 0 Å². The van der Waals surface area contributed by atoms with Gasteiger partial charge in [-0.3, -0.25) is 9.59 Å². The van der Waals surface area contributed by atoms with Crippen LogP contribution in [-0.2, 0) is 4.79 Å². The number of carbonyl (C=O) groups is 2. The molecular formula is C19H20N2O5. The highest BCUT2D eigenvalue weighted by Crippen LogP contribution is 2.34. The van der Waals surface area contributed by atoms with Crippen molar-refractivity contribution < 1.29 is 24.2 Å². The Kier molecular flexibility index (Phi) is 4.97. The molecule has 0 saturated carbocycles. The molecule has 2 N–H and O–H groups in total. The van der Waals surface area contributed by atoms with E-state index in [0.717, 1.165) is 6.42 Å². The lowest BCUT2D eigenvalue weighted by Gasteiger charge is -2.20. The van der Waals surface area contributed by atoms with Crippen LogP contribution in [0.25, 0.3) is 0 Å². The number of benzene rings is 2. The molecular weight excluding hydrogens is 336 g/mol. The zero-order chi connectivity index (χ0) is 18.7. The van der Waals surface area contributed by atoms with Crippen LogP contribution in [0.4, 0.5) is 11.4 Å². The van der Waals surface area contributed by atoms with E-state index in [2.05, 4.69) is 5.32 Å². The second-order valence-electron chi connectivity index (χ2n) is 5.87. The summed E-state index contributed by atoms with van der Waals surface area (Å²) in [6.07, 6.45) is 1.29. The Morgan fingerprint density at radius 1 is 1.15 bits per heavy atom. The highest BCUT2D eigenvalue weighted by Gasteiger charge is 2.25. The van der Waals surface area contributed by atoms with Crippen LogP contribution in [0.5, 0.6) is 17.2 Å². The maximum absolute atomic E-state index is 12.5. The predicted octanol–water partition coefficient (Wildman–Crippen LogP) is 2.79. The van der Waals surface area contributed by atoms with Crippen LogP contribution < -0.4 is 19.7 Å². The van der Waals surface area contributed by atoms with Gasteiger partial charge in [0.2, 0.25) is 5.91 Å². The lowest BCUT2D eigenvalue weighted by atomic mass is 10.1. The molecule has 1 fully saturated rings. The van der Waals surface area contributed by atoms with Crippen LogP contribution in [0.15, 0.2) is 36.4 Å². The van der Waals surface area contributed by atoms with Gasteiger partial charge in [0.25, 0.3) is 5.91 Å². The number of nitrogens with zero attached hydrogens (tertiary/aromatic N) is 1. The molecule has 1 aliphatic rings. The van der Waals surface area contributed by atoms with E-state index in [-0.39, 0.29) is 17.2 Å². The Morgan fingerprint density at radius 3 is 2.58 bits per heavy atom. The molecule has 0 radical (unpaired) electrons. The first-order valence-electron chi connectivity index (χ1n) is 8.20. The molecule has 2 amide bonds. The lowest BCUT2D eigenvalue weighted by Crippen LogP contribution is -2.24. The van der Waals surface area contributed by atoms with Gasteiger partial charge < -0.3 is 24.8 Å². The minimum Gasteiger partial charge on any atom is -0.507 e. The second-order valence-corrected chi connectivity index (χ2v) is 5.87. The third kappa shape index (κ3) is 3.42. The van der Waals surface area contributed by atoms with Crippen molar-refractivity contribution >= 4 is 23.2 Å². The van der Waals surface area contributed by atoms with E-state index in [4.69, 9.17) is 9.47 Å². The maximum Gasteiger partial charge on any atom is 0.259 e. The number of methoxy groups -OCH3 is 2. The summed E-state index contributed by atoms with van der Waals surface area (Å²) in [6.45, 7) is 0.617. The Hall–Kier alpha value is -3.22. The van der Waals surface area contributed by atoms with Crippen LogP contribution in [0.3, 0.4) is 0 Å². The smallest absolute Gasteiger partial charge is 0.259 e. The average Bonchev–Trinajstić information content (AvgIpc) is 3.07. The molecule has 3 rings (SSSR count). The quantitative estimate of drug-likeness (QED) is 0.860. The summed E-state index contributed by atoms with van der Waals surface area (Å²) in [5.41, 5.74) is 1.24. The van der Waals surface area contributed by atoms with Gasteiger partial charge in [-0.1, -0.05) is 0 Å². The summed E-state index contributed by atoms with van der Waals surface area (Å²) in [6, 6.07) is 9.53. The molecule has 26 heavy (non-hydrogen) atoms. The average molecular weight is 356 g/mol. The molecule has 0 atom stereocenters. The summed E-state index contributed by atoms with van der Waals surface area (Å²) in [4.78, 5) is 26.2. The number of ether oxygens (including phenoxy) is 2. The van der Waals surface area contributed by atoms with E-state index in [1.54, 1.807) is 29.2 Å². The third-order valence-electron chi connectivity index (χ3n) is 4.25. The molecule has 136 valence electrons. The Labute approximate surface area is 151 Å². The summed E-state index contributed by atoms with van der Waals surface area (Å²) in [5.74, 6) is 0.405. The van der Waals surface area contributed by atoms with Gasteiger partial charge in [-0.2, -0.15) is 0 Å². The van der Waals surface area contributed by atoms with E-state index in [1.807, 2.05) is 0 Å². The number of phenolic OH excluding ortho intramolecular Hbond substituents is 1. The number of hydrogen-bond donors (Lipinski definition) is 2. The molecule has 1 heterocycles. The van der Waals surface area contributed by atoms with Gasteiger partial charge in [0.1, 0.15) is 17.2 Å². The van der Waals surface area contributed by atoms with Gasteiger partial charge in [0, 0.05) is 24.7 Å². The van der Waals surface area contributed by atoms with E-state index in [0.29, 0.717) is 35.8 Å². The SMILES string of the molecule is COc1ccc(C(=O)Nc2ccc(OC)c(N3CCCC3=O)c2)c(O)c1. The standard InChI is InChI=1S/C19H20N2O5/c1-25-13-6-7-14(16(22)11-13)19(24)20-12-5-8-17(26-2)15(10-12)21-9-3-4-18(21)23/h5-8,10-11,22H,3-4,9H2,1-2H3,(H,20,24). The number of phenols is 1. The zero-order valence-corrected chi connectivity index (χ0v) is 14.6. The summed E-state index contributed by atoms with van der Waals surface area (Å²) < 4.78 is 10.3. The maximum atomic E-state index is 12.5. The van der Waals surface area contributed by atoms with Crippen LogP contribution >= 0.6 is 0 Å². The van der Waals surface area contributed by atoms with E-state index in [1.165, 1.54) is 26.4 Å². The predicted molar refractivity (Wildman–Crippen MR) is 97.2 cm³/mol. The van der Waals surface area contributed by atoms with E-state index in [9.17, 15) is 14.7 Å². The fraction of sp³-hybridized carbons (Fsp3) is 0.263. The summed E-state index contributed by atoms with van der Waals surface area (Å²) >= 11 is 0. The van der Waals surface area contributed by atoms with Crippen LogP contribution in [0.1, 0.15) is 23.2 Å². The Bertz CT molecular complexity index is 850. The lowest BCUT2D eigenvalue weighted by molar-refractivity contribution is -0.117. The number of rotatable bonds is 5. The highest BCUT2D eigenvalue weighted by atomic mass is 16.5. The Balaban J connectivity index is 1.86. The molecule has 0 bridgehead atoms. The summed E-state index contributed by atoms with van der Waals surface area (Å²) in [7, 11) is 3.01. The molecule has 0 unspecified atom stereocenters. The van der Waals surface area contributed by atoms with E-state index < -0.39 is 5.91 Å². The van der Waals surface area contributed by atoms with Crippen molar-refractivity contribution in [1.82, 2.24) is 0 Å². The first-order valence-corrected chi connectivity index (χ1v) is 8.20. The second kappa shape index (κ2) is 7.35. The zero-order valence-electron chi connectivity index (χ0n) is 14.6. The number of amides is 2. The van der Waals surface area contributed by atoms with Crippen molar-refractivity contribution in [3.8, 4) is 17.2 Å². The summed E-state index contributed by atoms with van der Waals surface area (Å²) in [5, 5.41) is 12.7. The molecule has 0 spiro atoms. The van der Waals surface area contributed by atoms with Crippen molar-refractivity contribution in [1.29, 1.82) is 0 Å². The van der Waals surface area contributed by atoms with Crippen molar-refractivity contribution in [2.45, 2.75) is 12.8 Å². The van der Waals surface area contributed by atoms with Crippen molar-refractivity contribution in [2.24, 2.45) is 0 Å². The molecule has 2 aromatic carbocycles. The van der Waals surface area contributed by atoms with Gasteiger partial charge in [0.05, 0.1) is 25.5 Å². The van der Waals surface area contributed by atoms with E-state index >= 15 is 0 Å². The normalized spacial score (nSPS) is 13.6. The van der Waals surface area contributed by atoms with Gasteiger partial charge in [-0.05, 0) is 36.8 Å². The minimum atomic E-state index is -0.464. The molecule has 0 aliphatic carbocycles. The molecule has 2 aromatic rings. The fourth-order valence-electron chi connectivity index (χ4n) is 2.91. The largest absolute Gasteiger partial charge is 0.507 e. The van der Waals surface area contributed by atoms with Crippen molar-refractivity contribution in [3.63, 3.8) is 0 Å². The molecule has 7 nitrogen and oxygen atoms in total. The van der Waals surface area contributed by atoms with Crippen LogP contribution in [0, 0.1) is 0 Å². The molecule has 0 aromatic heterocycles. The molecule has 7 heteroatoms. The van der Waals surface area contributed by atoms with Crippen molar-refractivity contribution in [2.75, 3.05) is 31.0 Å². The third-order valence-corrected chi connectivity index (χ3v) is 4.25. The van der Waals surface area contributed by atoms with Gasteiger partial charge in [0.15, 0.2) is 0 Å². The monoisotopic (exact) mass is 356 g/mol. The molecule has 1 aliphatic heterocycles. The topological polar surface area (TPSA) is 88.1 Å². The highest BCUT2D eigenvalue weighted by molar-refractivity contribution is 6.07.